The molecule has 2 aromatic rings. The number of fused-ring (bicyclic) bond motifs is 1. The lowest BCUT2D eigenvalue weighted by Gasteiger charge is -2.29. The van der Waals surface area contributed by atoms with Crippen molar-refractivity contribution in [3.05, 3.63) is 48.0 Å². The van der Waals surface area contributed by atoms with E-state index >= 15 is 0 Å². The first kappa shape index (κ1) is 12.7. The molecule has 0 unspecified atom stereocenters. The molecule has 1 fully saturated rings. The lowest BCUT2D eigenvalue weighted by atomic mass is 10.1. The molecule has 1 heterocycles. The molecule has 1 aliphatic heterocycles. The van der Waals surface area contributed by atoms with Crippen molar-refractivity contribution in [3.8, 4) is 5.75 Å². The number of carbonyl (C=O) groups excluding carboxylic acids is 1. The number of nitrogens with zero attached hydrogens (tertiary/aromatic N) is 1. The second-order valence-electron chi connectivity index (χ2n) is 4.98. The van der Waals surface area contributed by atoms with Gasteiger partial charge < -0.3 is 9.64 Å². The summed E-state index contributed by atoms with van der Waals surface area (Å²) in [7, 11) is 1.67. The number of likely N-dealkylation sites (tertiary alicyclic amines) is 1. The first-order valence-electron chi connectivity index (χ1n) is 6.81. The van der Waals surface area contributed by atoms with Crippen molar-refractivity contribution in [1.82, 2.24) is 4.90 Å². The molecule has 1 saturated heterocycles. The van der Waals surface area contributed by atoms with Gasteiger partial charge in [-0.1, -0.05) is 18.2 Å². The third kappa shape index (κ3) is 2.52. The topological polar surface area (TPSA) is 29.5 Å². The number of ether oxygens (including phenoxy) is 1. The summed E-state index contributed by atoms with van der Waals surface area (Å²) in [5.41, 5.74) is 1.04. The van der Waals surface area contributed by atoms with Gasteiger partial charge in [0, 0.05) is 19.2 Å². The Morgan fingerprint density at radius 3 is 2.60 bits per heavy atom. The molecule has 0 aromatic heterocycles. The van der Waals surface area contributed by atoms with Crippen molar-refractivity contribution < 1.29 is 9.53 Å². The number of benzene rings is 2. The standard InChI is InChI=1S/C17H17NO2/c1-20-16-7-6-14-11-13(3-5-15(14)12-16)4-8-17(19)18-9-2-10-18/h3-8,11-12H,2,9-10H2,1H3/b8-4+. The molecule has 1 aliphatic rings. The first-order chi connectivity index (χ1) is 9.76. The highest BCUT2D eigenvalue weighted by atomic mass is 16.5. The van der Waals surface area contributed by atoms with Crippen LogP contribution in [0.5, 0.6) is 5.75 Å². The zero-order chi connectivity index (χ0) is 13.9. The molecule has 0 spiro atoms. The van der Waals surface area contributed by atoms with E-state index in [9.17, 15) is 4.79 Å². The van der Waals surface area contributed by atoms with Crippen molar-refractivity contribution in [1.29, 1.82) is 0 Å². The fourth-order valence-electron chi connectivity index (χ4n) is 2.28. The van der Waals surface area contributed by atoms with Crippen LogP contribution in [0.4, 0.5) is 0 Å². The van der Waals surface area contributed by atoms with Gasteiger partial charge >= 0.3 is 0 Å². The number of carbonyl (C=O) groups is 1. The quantitative estimate of drug-likeness (QED) is 0.800. The van der Waals surface area contributed by atoms with Crippen LogP contribution in [-0.2, 0) is 4.79 Å². The van der Waals surface area contributed by atoms with E-state index in [0.717, 1.165) is 41.6 Å². The largest absolute Gasteiger partial charge is 0.497 e. The van der Waals surface area contributed by atoms with E-state index in [0.29, 0.717) is 0 Å². The van der Waals surface area contributed by atoms with Gasteiger partial charge in [-0.3, -0.25) is 4.79 Å². The van der Waals surface area contributed by atoms with E-state index in [1.165, 1.54) is 0 Å². The van der Waals surface area contributed by atoms with E-state index < -0.39 is 0 Å². The Morgan fingerprint density at radius 2 is 1.90 bits per heavy atom. The van der Waals surface area contributed by atoms with Crippen molar-refractivity contribution in [2.75, 3.05) is 20.2 Å². The predicted molar refractivity (Wildman–Crippen MR) is 80.7 cm³/mol. The summed E-state index contributed by atoms with van der Waals surface area (Å²) in [6.07, 6.45) is 4.66. The molecule has 3 nitrogen and oxygen atoms in total. The van der Waals surface area contributed by atoms with Crippen LogP contribution in [-0.4, -0.2) is 31.0 Å². The summed E-state index contributed by atoms with van der Waals surface area (Å²) < 4.78 is 5.21. The highest BCUT2D eigenvalue weighted by molar-refractivity contribution is 5.93. The first-order valence-corrected chi connectivity index (χ1v) is 6.81. The lowest BCUT2D eigenvalue weighted by molar-refractivity contribution is -0.129. The monoisotopic (exact) mass is 267 g/mol. The van der Waals surface area contributed by atoms with Gasteiger partial charge in [-0.15, -0.1) is 0 Å². The smallest absolute Gasteiger partial charge is 0.246 e. The average molecular weight is 267 g/mol. The summed E-state index contributed by atoms with van der Waals surface area (Å²) in [5.74, 6) is 0.958. The SMILES string of the molecule is COc1ccc2cc(/C=C/C(=O)N3CCC3)ccc2c1. The third-order valence-corrected chi connectivity index (χ3v) is 3.66. The number of amides is 1. The van der Waals surface area contributed by atoms with Gasteiger partial charge in [-0.05, 0) is 47.0 Å². The van der Waals surface area contributed by atoms with Gasteiger partial charge in [0.05, 0.1) is 7.11 Å². The van der Waals surface area contributed by atoms with Gasteiger partial charge in [-0.25, -0.2) is 0 Å². The normalized spacial score (nSPS) is 14.6. The fraction of sp³-hybridized carbons (Fsp3) is 0.235. The van der Waals surface area contributed by atoms with Crippen molar-refractivity contribution in [2.45, 2.75) is 6.42 Å². The minimum Gasteiger partial charge on any atom is -0.497 e. The van der Waals surface area contributed by atoms with Crippen LogP contribution < -0.4 is 4.74 Å². The van der Waals surface area contributed by atoms with Gasteiger partial charge in [0.15, 0.2) is 0 Å². The maximum absolute atomic E-state index is 11.8. The molecule has 3 heteroatoms. The maximum Gasteiger partial charge on any atom is 0.246 e. The summed E-state index contributed by atoms with van der Waals surface area (Å²) in [6.45, 7) is 1.78. The second kappa shape index (κ2) is 5.37. The molecule has 0 atom stereocenters. The molecule has 0 N–H and O–H groups in total. The number of rotatable bonds is 3. The average Bonchev–Trinajstić information content (AvgIpc) is 2.42. The molecular formula is C17H17NO2. The molecule has 3 rings (SSSR count). The molecule has 0 radical (unpaired) electrons. The maximum atomic E-state index is 11.8. The summed E-state index contributed by atoms with van der Waals surface area (Å²) in [5, 5.41) is 2.28. The Balaban J connectivity index is 1.81. The minimum atomic E-state index is 0.103. The second-order valence-corrected chi connectivity index (χ2v) is 4.98. The molecule has 102 valence electrons. The summed E-state index contributed by atoms with van der Waals surface area (Å²) in [4.78, 5) is 13.6. The van der Waals surface area contributed by atoms with Crippen molar-refractivity contribution in [3.63, 3.8) is 0 Å². The summed E-state index contributed by atoms with van der Waals surface area (Å²) in [6, 6.07) is 12.1. The van der Waals surface area contributed by atoms with Gasteiger partial charge in [0.2, 0.25) is 5.91 Å². The minimum absolute atomic E-state index is 0.103. The van der Waals surface area contributed by atoms with Crippen LogP contribution in [0, 0.1) is 0 Å². The van der Waals surface area contributed by atoms with E-state index in [1.807, 2.05) is 41.3 Å². The van der Waals surface area contributed by atoms with E-state index in [1.54, 1.807) is 13.2 Å². The van der Waals surface area contributed by atoms with Crippen LogP contribution in [0.2, 0.25) is 0 Å². The highest BCUT2D eigenvalue weighted by Gasteiger charge is 2.17. The Morgan fingerprint density at radius 1 is 1.15 bits per heavy atom. The van der Waals surface area contributed by atoms with Crippen LogP contribution in [0.3, 0.4) is 0 Å². The van der Waals surface area contributed by atoms with Crippen LogP contribution in [0.15, 0.2) is 42.5 Å². The van der Waals surface area contributed by atoms with E-state index in [-0.39, 0.29) is 5.91 Å². The van der Waals surface area contributed by atoms with E-state index in [4.69, 9.17) is 4.74 Å². The summed E-state index contributed by atoms with van der Waals surface area (Å²) >= 11 is 0. The molecule has 2 aromatic carbocycles. The fourth-order valence-corrected chi connectivity index (χ4v) is 2.28. The Kier molecular flexibility index (Phi) is 3.42. The number of methoxy groups -OCH3 is 1. The number of hydrogen-bond donors (Lipinski definition) is 0. The highest BCUT2D eigenvalue weighted by Crippen LogP contribution is 2.22. The van der Waals surface area contributed by atoms with Crippen molar-refractivity contribution >= 4 is 22.8 Å². The Hall–Kier alpha value is -2.29. The molecule has 0 aliphatic carbocycles. The van der Waals surface area contributed by atoms with Gasteiger partial charge in [0.1, 0.15) is 5.75 Å². The lowest BCUT2D eigenvalue weighted by Crippen LogP contribution is -2.40. The molecule has 20 heavy (non-hydrogen) atoms. The molecule has 0 bridgehead atoms. The van der Waals surface area contributed by atoms with Gasteiger partial charge in [-0.2, -0.15) is 0 Å². The van der Waals surface area contributed by atoms with Gasteiger partial charge in [0.25, 0.3) is 0 Å². The predicted octanol–water partition coefficient (Wildman–Crippen LogP) is 3.09. The van der Waals surface area contributed by atoms with Crippen LogP contribution in [0.1, 0.15) is 12.0 Å². The molecular weight excluding hydrogens is 250 g/mol. The zero-order valence-corrected chi connectivity index (χ0v) is 11.5. The Bertz CT molecular complexity index is 672. The van der Waals surface area contributed by atoms with Crippen LogP contribution in [0.25, 0.3) is 16.8 Å². The van der Waals surface area contributed by atoms with Crippen molar-refractivity contribution in [2.24, 2.45) is 0 Å². The third-order valence-electron chi connectivity index (χ3n) is 3.66. The van der Waals surface area contributed by atoms with E-state index in [2.05, 4.69) is 6.07 Å². The Labute approximate surface area is 118 Å². The molecule has 0 saturated carbocycles. The zero-order valence-electron chi connectivity index (χ0n) is 11.5. The molecule has 1 amide bonds. The number of hydrogen-bond acceptors (Lipinski definition) is 2. The van der Waals surface area contributed by atoms with Crippen LogP contribution >= 0.6 is 0 Å².